The Morgan fingerprint density at radius 1 is 1.14 bits per heavy atom. The molecule has 0 unspecified atom stereocenters. The second kappa shape index (κ2) is 3.18. The maximum atomic E-state index is 11.6. The van der Waals surface area contributed by atoms with Crippen molar-refractivity contribution in [2.75, 3.05) is 0 Å². The van der Waals surface area contributed by atoms with Crippen LogP contribution in [-0.4, -0.2) is 9.13 Å². The standard InChI is InChI=1S/C11H12N2O/c1-9-5-3-4-6-10(9)13-8-7-12(2)11(13)14/h3-8H,1-2H3. The van der Waals surface area contributed by atoms with Crippen LogP contribution in [0.3, 0.4) is 0 Å². The normalized spacial score (nSPS) is 10.4. The molecule has 2 rings (SSSR count). The van der Waals surface area contributed by atoms with Gasteiger partial charge in [-0.3, -0.25) is 4.57 Å². The van der Waals surface area contributed by atoms with Crippen LogP contribution in [0.15, 0.2) is 41.5 Å². The van der Waals surface area contributed by atoms with E-state index in [1.807, 2.05) is 31.2 Å². The van der Waals surface area contributed by atoms with Gasteiger partial charge in [0, 0.05) is 19.4 Å². The van der Waals surface area contributed by atoms with E-state index >= 15 is 0 Å². The lowest BCUT2D eigenvalue weighted by Crippen LogP contribution is -2.20. The summed E-state index contributed by atoms with van der Waals surface area (Å²) in [7, 11) is 1.75. The molecular formula is C11H12N2O. The Balaban J connectivity index is 2.67. The minimum Gasteiger partial charge on any atom is -0.302 e. The summed E-state index contributed by atoms with van der Waals surface area (Å²) in [5.74, 6) is 0. The maximum absolute atomic E-state index is 11.6. The average molecular weight is 188 g/mol. The molecule has 0 aliphatic rings. The molecule has 1 heterocycles. The summed E-state index contributed by atoms with van der Waals surface area (Å²) in [6.07, 6.45) is 3.54. The summed E-state index contributed by atoms with van der Waals surface area (Å²) in [4.78, 5) is 11.6. The number of hydrogen-bond donors (Lipinski definition) is 0. The van der Waals surface area contributed by atoms with Gasteiger partial charge in [-0.2, -0.15) is 0 Å². The largest absolute Gasteiger partial charge is 0.332 e. The van der Waals surface area contributed by atoms with Crippen LogP contribution in [0.5, 0.6) is 0 Å². The van der Waals surface area contributed by atoms with Crippen molar-refractivity contribution in [3.8, 4) is 5.69 Å². The SMILES string of the molecule is Cc1ccccc1-n1ccn(C)c1=O. The summed E-state index contributed by atoms with van der Waals surface area (Å²) in [5, 5.41) is 0. The third-order valence-electron chi connectivity index (χ3n) is 2.32. The molecule has 2 aromatic rings. The highest BCUT2D eigenvalue weighted by Crippen LogP contribution is 2.10. The van der Waals surface area contributed by atoms with E-state index in [4.69, 9.17) is 0 Å². The van der Waals surface area contributed by atoms with Crippen molar-refractivity contribution in [3.05, 3.63) is 52.7 Å². The molecule has 0 radical (unpaired) electrons. The van der Waals surface area contributed by atoms with E-state index in [1.165, 1.54) is 0 Å². The van der Waals surface area contributed by atoms with E-state index in [1.54, 1.807) is 28.6 Å². The quantitative estimate of drug-likeness (QED) is 0.666. The second-order valence-electron chi connectivity index (χ2n) is 3.35. The van der Waals surface area contributed by atoms with Crippen molar-refractivity contribution in [2.24, 2.45) is 7.05 Å². The van der Waals surface area contributed by atoms with Crippen molar-refractivity contribution in [3.63, 3.8) is 0 Å². The number of aromatic nitrogens is 2. The molecule has 0 spiro atoms. The van der Waals surface area contributed by atoms with E-state index in [2.05, 4.69) is 0 Å². The third kappa shape index (κ3) is 1.27. The van der Waals surface area contributed by atoms with Crippen LogP contribution < -0.4 is 5.69 Å². The van der Waals surface area contributed by atoms with Crippen molar-refractivity contribution in [1.29, 1.82) is 0 Å². The molecule has 0 saturated heterocycles. The number of rotatable bonds is 1. The van der Waals surface area contributed by atoms with Crippen molar-refractivity contribution in [2.45, 2.75) is 6.92 Å². The number of para-hydroxylation sites is 1. The predicted octanol–water partition coefficient (Wildman–Crippen LogP) is 1.48. The molecule has 72 valence electrons. The molecule has 0 amide bonds. The first-order valence-corrected chi connectivity index (χ1v) is 4.50. The number of nitrogens with zero attached hydrogens (tertiary/aromatic N) is 2. The smallest absolute Gasteiger partial charge is 0.302 e. The van der Waals surface area contributed by atoms with Gasteiger partial charge in [0.05, 0.1) is 5.69 Å². The van der Waals surface area contributed by atoms with Gasteiger partial charge in [-0.15, -0.1) is 0 Å². The van der Waals surface area contributed by atoms with Gasteiger partial charge in [-0.25, -0.2) is 4.79 Å². The van der Waals surface area contributed by atoms with Gasteiger partial charge >= 0.3 is 5.69 Å². The molecule has 1 aromatic carbocycles. The molecule has 0 atom stereocenters. The summed E-state index contributed by atoms with van der Waals surface area (Å²) in [6, 6.07) is 7.83. The molecule has 0 bridgehead atoms. The summed E-state index contributed by atoms with van der Waals surface area (Å²) in [5.41, 5.74) is 2.03. The molecule has 14 heavy (non-hydrogen) atoms. The van der Waals surface area contributed by atoms with Crippen LogP contribution in [-0.2, 0) is 7.05 Å². The molecule has 3 nitrogen and oxygen atoms in total. The van der Waals surface area contributed by atoms with Gasteiger partial charge in [0.15, 0.2) is 0 Å². The lowest BCUT2D eigenvalue weighted by Gasteiger charge is -2.04. The second-order valence-corrected chi connectivity index (χ2v) is 3.35. The van der Waals surface area contributed by atoms with E-state index in [9.17, 15) is 4.79 Å². The lowest BCUT2D eigenvalue weighted by molar-refractivity contribution is 0.822. The first-order chi connectivity index (χ1) is 6.70. The molecular weight excluding hydrogens is 176 g/mol. The molecule has 3 heteroatoms. The van der Waals surface area contributed by atoms with Crippen LogP contribution in [0.2, 0.25) is 0 Å². The van der Waals surface area contributed by atoms with Gasteiger partial charge < -0.3 is 4.57 Å². The van der Waals surface area contributed by atoms with E-state index in [0.717, 1.165) is 11.3 Å². The van der Waals surface area contributed by atoms with E-state index < -0.39 is 0 Å². The highest BCUT2D eigenvalue weighted by Gasteiger charge is 2.03. The Bertz CT molecular complexity index is 508. The van der Waals surface area contributed by atoms with Gasteiger partial charge in [0.1, 0.15) is 0 Å². The Morgan fingerprint density at radius 2 is 1.86 bits per heavy atom. The van der Waals surface area contributed by atoms with Crippen LogP contribution in [0.1, 0.15) is 5.56 Å². The van der Waals surface area contributed by atoms with Gasteiger partial charge in [0.25, 0.3) is 0 Å². The molecule has 0 N–H and O–H groups in total. The molecule has 0 aliphatic heterocycles. The first-order valence-electron chi connectivity index (χ1n) is 4.50. The lowest BCUT2D eigenvalue weighted by atomic mass is 10.2. The fraction of sp³-hybridized carbons (Fsp3) is 0.182. The molecule has 0 aliphatic carbocycles. The fourth-order valence-electron chi connectivity index (χ4n) is 1.48. The summed E-state index contributed by atoms with van der Waals surface area (Å²) < 4.78 is 3.21. The fourth-order valence-corrected chi connectivity index (χ4v) is 1.48. The minimum atomic E-state index is -0.0145. The topological polar surface area (TPSA) is 26.9 Å². The van der Waals surface area contributed by atoms with Crippen molar-refractivity contribution < 1.29 is 0 Å². The van der Waals surface area contributed by atoms with Crippen LogP contribution >= 0.6 is 0 Å². The zero-order valence-electron chi connectivity index (χ0n) is 8.27. The van der Waals surface area contributed by atoms with Crippen LogP contribution in [0, 0.1) is 6.92 Å². The van der Waals surface area contributed by atoms with Crippen LogP contribution in [0.25, 0.3) is 5.69 Å². The molecule has 0 fully saturated rings. The molecule has 0 saturated carbocycles. The number of aryl methyl sites for hydroxylation is 2. The Kier molecular flexibility index (Phi) is 2.00. The summed E-state index contributed by atoms with van der Waals surface area (Å²) in [6.45, 7) is 1.99. The number of hydrogen-bond acceptors (Lipinski definition) is 1. The zero-order chi connectivity index (χ0) is 10.1. The van der Waals surface area contributed by atoms with E-state index in [0.29, 0.717) is 0 Å². The van der Waals surface area contributed by atoms with Crippen molar-refractivity contribution in [1.82, 2.24) is 9.13 Å². The monoisotopic (exact) mass is 188 g/mol. The van der Waals surface area contributed by atoms with Gasteiger partial charge in [-0.05, 0) is 18.6 Å². The Labute approximate surface area is 82.2 Å². The van der Waals surface area contributed by atoms with Gasteiger partial charge in [-0.1, -0.05) is 18.2 Å². The third-order valence-corrected chi connectivity index (χ3v) is 2.32. The predicted molar refractivity (Wildman–Crippen MR) is 55.7 cm³/mol. The first kappa shape index (κ1) is 8.81. The maximum Gasteiger partial charge on any atom is 0.332 e. The van der Waals surface area contributed by atoms with Crippen molar-refractivity contribution >= 4 is 0 Å². The minimum absolute atomic E-state index is 0.0145. The Morgan fingerprint density at radius 3 is 2.43 bits per heavy atom. The molecule has 1 aromatic heterocycles. The number of benzene rings is 1. The zero-order valence-corrected chi connectivity index (χ0v) is 8.27. The highest BCUT2D eigenvalue weighted by atomic mass is 16.1. The van der Waals surface area contributed by atoms with Crippen LogP contribution in [0.4, 0.5) is 0 Å². The van der Waals surface area contributed by atoms with E-state index in [-0.39, 0.29) is 5.69 Å². The highest BCUT2D eigenvalue weighted by molar-refractivity contribution is 5.39. The number of imidazole rings is 1. The average Bonchev–Trinajstić information content (AvgIpc) is 2.49. The van der Waals surface area contributed by atoms with Gasteiger partial charge in [0.2, 0.25) is 0 Å². The Hall–Kier alpha value is -1.77. The summed E-state index contributed by atoms with van der Waals surface area (Å²) >= 11 is 0.